The van der Waals surface area contributed by atoms with Crippen LogP contribution >= 0.6 is 0 Å². The van der Waals surface area contributed by atoms with Gasteiger partial charge in [-0.2, -0.15) is 0 Å². The van der Waals surface area contributed by atoms with Crippen molar-refractivity contribution in [2.24, 2.45) is 0 Å². The van der Waals surface area contributed by atoms with Gasteiger partial charge in [0.05, 0.1) is 38.1 Å². The molecular weight excluding hydrogens is 330 g/mol. The molecule has 1 aliphatic rings. The van der Waals surface area contributed by atoms with E-state index in [2.05, 4.69) is 34.1 Å². The first kappa shape index (κ1) is 18.4. The molecule has 0 N–H and O–H groups in total. The van der Waals surface area contributed by atoms with Gasteiger partial charge in [-0.3, -0.25) is 9.69 Å². The number of aromatic nitrogens is 1. The summed E-state index contributed by atoms with van der Waals surface area (Å²) in [5.41, 5.74) is 2.02. The number of ether oxygens (including phenoxy) is 2. The average molecular weight is 355 g/mol. The minimum absolute atomic E-state index is 0.0172. The maximum atomic E-state index is 12.6. The quantitative estimate of drug-likeness (QED) is 0.796. The molecule has 6 nitrogen and oxygen atoms in total. The highest BCUT2D eigenvalue weighted by Gasteiger charge is 2.24. The summed E-state index contributed by atoms with van der Waals surface area (Å²) in [6, 6.07) is 13.9. The van der Waals surface area contributed by atoms with Crippen molar-refractivity contribution in [1.29, 1.82) is 0 Å². The Bertz CT molecular complexity index is 706. The molecule has 1 aromatic carbocycles. The van der Waals surface area contributed by atoms with Gasteiger partial charge in [0.1, 0.15) is 0 Å². The molecule has 0 spiro atoms. The summed E-state index contributed by atoms with van der Waals surface area (Å²) in [5, 5.41) is 0. The first-order chi connectivity index (χ1) is 12.7. The van der Waals surface area contributed by atoms with Gasteiger partial charge in [0.15, 0.2) is 0 Å². The first-order valence-electron chi connectivity index (χ1n) is 8.80. The lowest BCUT2D eigenvalue weighted by Crippen LogP contribution is -2.44. The maximum absolute atomic E-state index is 12.6. The Labute approximate surface area is 154 Å². The molecule has 0 aliphatic carbocycles. The fraction of sp³-hybridized carbons (Fsp3) is 0.400. The van der Waals surface area contributed by atoms with Crippen LogP contribution in [-0.4, -0.2) is 55.7 Å². The van der Waals surface area contributed by atoms with Gasteiger partial charge >= 0.3 is 0 Å². The molecule has 1 amide bonds. The molecule has 0 saturated carbocycles. The van der Waals surface area contributed by atoms with E-state index in [1.807, 2.05) is 12.1 Å². The second-order valence-electron chi connectivity index (χ2n) is 6.43. The molecule has 1 aliphatic heterocycles. The summed E-state index contributed by atoms with van der Waals surface area (Å²) in [6.45, 7) is 3.18. The lowest BCUT2D eigenvalue weighted by Gasteiger charge is -2.33. The second-order valence-corrected chi connectivity index (χ2v) is 6.43. The van der Waals surface area contributed by atoms with Gasteiger partial charge in [0, 0.05) is 32.7 Å². The normalized spacial score (nSPS) is 17.7. The van der Waals surface area contributed by atoms with Crippen molar-refractivity contribution in [1.82, 2.24) is 9.88 Å². The van der Waals surface area contributed by atoms with E-state index in [1.54, 1.807) is 31.3 Å². The fourth-order valence-corrected chi connectivity index (χ4v) is 3.06. The molecule has 1 fully saturated rings. The zero-order valence-electron chi connectivity index (χ0n) is 15.3. The largest absolute Gasteiger partial charge is 0.481 e. The van der Waals surface area contributed by atoms with E-state index in [9.17, 15) is 4.79 Å². The number of methoxy groups -OCH3 is 1. The van der Waals surface area contributed by atoms with Crippen molar-refractivity contribution in [3.05, 3.63) is 54.2 Å². The number of morpholine rings is 1. The molecule has 1 atom stereocenters. The van der Waals surface area contributed by atoms with Gasteiger partial charge in [-0.25, -0.2) is 4.98 Å². The highest BCUT2D eigenvalue weighted by molar-refractivity contribution is 5.92. The Balaban J connectivity index is 1.54. The molecule has 0 radical (unpaired) electrons. The molecule has 2 heterocycles. The lowest BCUT2D eigenvalue weighted by atomic mass is 10.1. The summed E-state index contributed by atoms with van der Waals surface area (Å²) in [7, 11) is 3.33. The van der Waals surface area contributed by atoms with Crippen LogP contribution < -0.4 is 9.64 Å². The SMILES string of the molecule is COc1ccc(N(C)C(=O)CC2CN(Cc3ccccc3)CCO2)cn1. The minimum atomic E-state index is -0.0892. The van der Waals surface area contributed by atoms with E-state index in [1.165, 1.54) is 5.56 Å². The van der Waals surface area contributed by atoms with Crippen LogP contribution in [0.3, 0.4) is 0 Å². The van der Waals surface area contributed by atoms with E-state index in [0.717, 1.165) is 25.3 Å². The molecular formula is C20H25N3O3. The van der Waals surface area contributed by atoms with Crippen LogP contribution in [-0.2, 0) is 16.1 Å². The first-order valence-corrected chi connectivity index (χ1v) is 8.80. The molecule has 1 aromatic heterocycles. The summed E-state index contributed by atoms with van der Waals surface area (Å²) >= 11 is 0. The summed E-state index contributed by atoms with van der Waals surface area (Å²) in [4.78, 5) is 20.7. The van der Waals surface area contributed by atoms with Crippen molar-refractivity contribution in [3.8, 4) is 5.88 Å². The van der Waals surface area contributed by atoms with Crippen molar-refractivity contribution in [2.75, 3.05) is 38.8 Å². The highest BCUT2D eigenvalue weighted by Crippen LogP contribution is 2.18. The van der Waals surface area contributed by atoms with Crippen molar-refractivity contribution < 1.29 is 14.3 Å². The molecule has 3 rings (SSSR count). The molecule has 1 saturated heterocycles. The van der Waals surface area contributed by atoms with Gasteiger partial charge in [-0.1, -0.05) is 30.3 Å². The number of hydrogen-bond acceptors (Lipinski definition) is 5. The molecule has 1 unspecified atom stereocenters. The van der Waals surface area contributed by atoms with Gasteiger partial charge in [0.2, 0.25) is 11.8 Å². The summed E-state index contributed by atoms with van der Waals surface area (Å²) in [5.74, 6) is 0.547. The molecule has 2 aromatic rings. The van der Waals surface area contributed by atoms with Crippen molar-refractivity contribution in [3.63, 3.8) is 0 Å². The Morgan fingerprint density at radius 1 is 1.31 bits per heavy atom. The smallest absolute Gasteiger partial charge is 0.229 e. The van der Waals surface area contributed by atoms with E-state index in [0.29, 0.717) is 18.9 Å². The topological polar surface area (TPSA) is 54.9 Å². The van der Waals surface area contributed by atoms with Crippen LogP contribution in [0.2, 0.25) is 0 Å². The molecule has 138 valence electrons. The minimum Gasteiger partial charge on any atom is -0.481 e. The van der Waals surface area contributed by atoms with Gasteiger partial charge in [-0.05, 0) is 11.6 Å². The number of hydrogen-bond donors (Lipinski definition) is 0. The Morgan fingerprint density at radius 3 is 2.81 bits per heavy atom. The van der Waals surface area contributed by atoms with Gasteiger partial charge in [0.25, 0.3) is 0 Å². The fourth-order valence-electron chi connectivity index (χ4n) is 3.06. The van der Waals surface area contributed by atoms with E-state index in [4.69, 9.17) is 9.47 Å². The number of carbonyl (C=O) groups excluding carboxylic acids is 1. The Kier molecular flexibility index (Phi) is 6.20. The van der Waals surface area contributed by atoms with E-state index < -0.39 is 0 Å². The van der Waals surface area contributed by atoms with Crippen LogP contribution in [0.25, 0.3) is 0 Å². The summed E-state index contributed by atoms with van der Waals surface area (Å²) < 4.78 is 10.9. The van der Waals surface area contributed by atoms with Crippen LogP contribution in [0.15, 0.2) is 48.7 Å². The number of anilines is 1. The third kappa shape index (κ3) is 4.80. The third-order valence-electron chi connectivity index (χ3n) is 4.57. The standard InChI is InChI=1S/C20H25N3O3/c1-22(17-8-9-19(25-2)21-13-17)20(24)12-18-15-23(10-11-26-18)14-16-6-4-3-5-7-16/h3-9,13,18H,10-12,14-15H2,1-2H3. The predicted octanol–water partition coefficient (Wildman–Crippen LogP) is 2.34. The average Bonchev–Trinajstić information content (AvgIpc) is 2.68. The third-order valence-corrected chi connectivity index (χ3v) is 4.57. The number of benzene rings is 1. The van der Waals surface area contributed by atoms with Crippen molar-refractivity contribution >= 4 is 11.6 Å². The number of carbonyl (C=O) groups is 1. The zero-order valence-corrected chi connectivity index (χ0v) is 15.3. The van der Waals surface area contributed by atoms with Crippen LogP contribution in [0.5, 0.6) is 5.88 Å². The number of amides is 1. The molecule has 26 heavy (non-hydrogen) atoms. The Hall–Kier alpha value is -2.44. The number of pyridine rings is 1. The monoisotopic (exact) mass is 355 g/mol. The Morgan fingerprint density at radius 2 is 2.12 bits per heavy atom. The second kappa shape index (κ2) is 8.78. The molecule has 6 heteroatoms. The highest BCUT2D eigenvalue weighted by atomic mass is 16.5. The van der Waals surface area contributed by atoms with E-state index in [-0.39, 0.29) is 12.0 Å². The lowest BCUT2D eigenvalue weighted by molar-refractivity contribution is -0.123. The number of rotatable bonds is 6. The predicted molar refractivity (Wildman–Crippen MR) is 100 cm³/mol. The van der Waals surface area contributed by atoms with Crippen LogP contribution in [0.4, 0.5) is 5.69 Å². The maximum Gasteiger partial charge on any atom is 0.229 e. The summed E-state index contributed by atoms with van der Waals surface area (Å²) in [6.07, 6.45) is 1.90. The van der Waals surface area contributed by atoms with E-state index >= 15 is 0 Å². The zero-order chi connectivity index (χ0) is 18.4. The van der Waals surface area contributed by atoms with Crippen LogP contribution in [0, 0.1) is 0 Å². The van der Waals surface area contributed by atoms with Gasteiger partial charge in [-0.15, -0.1) is 0 Å². The van der Waals surface area contributed by atoms with Gasteiger partial charge < -0.3 is 14.4 Å². The number of nitrogens with zero attached hydrogens (tertiary/aromatic N) is 3. The van der Waals surface area contributed by atoms with Crippen LogP contribution in [0.1, 0.15) is 12.0 Å². The van der Waals surface area contributed by atoms with Crippen molar-refractivity contribution in [2.45, 2.75) is 19.1 Å². The molecule has 0 bridgehead atoms.